The Hall–Kier alpha value is -2.66. The predicted molar refractivity (Wildman–Crippen MR) is 129 cm³/mol. The van der Waals surface area contributed by atoms with Gasteiger partial charge in [0.15, 0.2) is 0 Å². The minimum atomic E-state index is -2.61. The lowest BCUT2D eigenvalue weighted by atomic mass is 9.92. The van der Waals surface area contributed by atoms with Gasteiger partial charge < -0.3 is 4.90 Å². The Bertz CT molecular complexity index is 1170. The van der Waals surface area contributed by atoms with Crippen LogP contribution < -0.4 is 0 Å². The molecule has 1 unspecified atom stereocenters. The SMILES string of the molecule is C=S(=O)(Cc1cccc(C(=O)N2CCC(CCC)CC2)n1)c1cccc2ccccc12. The van der Waals surface area contributed by atoms with E-state index in [1.165, 1.54) is 12.8 Å². The molecule has 4 nitrogen and oxygen atoms in total. The van der Waals surface area contributed by atoms with Gasteiger partial charge in [0, 0.05) is 27.5 Å². The lowest BCUT2D eigenvalue weighted by Crippen LogP contribution is -2.38. The zero-order valence-corrected chi connectivity index (χ0v) is 18.9. The van der Waals surface area contributed by atoms with Crippen LogP contribution in [0.1, 0.15) is 48.8 Å². The zero-order valence-electron chi connectivity index (χ0n) is 18.1. The number of hydrogen-bond donors (Lipinski definition) is 0. The van der Waals surface area contributed by atoms with E-state index in [0.717, 1.165) is 47.5 Å². The number of hydrogen-bond acceptors (Lipinski definition) is 3. The fraction of sp³-hybridized carbons (Fsp3) is 0.346. The minimum absolute atomic E-state index is 0.0301. The molecule has 162 valence electrons. The molecule has 5 heteroatoms. The monoisotopic (exact) mass is 434 g/mol. The van der Waals surface area contributed by atoms with E-state index in [4.69, 9.17) is 0 Å². The number of fused-ring (bicyclic) bond motifs is 1. The van der Waals surface area contributed by atoms with Gasteiger partial charge in [-0.3, -0.25) is 9.00 Å². The molecule has 2 aromatic carbocycles. The Morgan fingerprint density at radius 2 is 1.77 bits per heavy atom. The Morgan fingerprint density at radius 1 is 1.06 bits per heavy atom. The van der Waals surface area contributed by atoms with Gasteiger partial charge in [0.2, 0.25) is 0 Å². The number of piperidine rings is 1. The predicted octanol–water partition coefficient (Wildman–Crippen LogP) is 5.16. The summed E-state index contributed by atoms with van der Waals surface area (Å²) < 4.78 is 13.6. The van der Waals surface area contributed by atoms with Crippen molar-refractivity contribution in [1.29, 1.82) is 0 Å². The van der Waals surface area contributed by atoms with Crippen molar-refractivity contribution in [3.63, 3.8) is 0 Å². The Kier molecular flexibility index (Phi) is 6.42. The quantitative estimate of drug-likeness (QED) is 0.503. The molecule has 0 bridgehead atoms. The first-order valence-electron chi connectivity index (χ1n) is 11.1. The number of carbonyl (C=O) groups is 1. The van der Waals surface area contributed by atoms with Gasteiger partial charge in [-0.05, 0) is 53.6 Å². The van der Waals surface area contributed by atoms with Gasteiger partial charge in [-0.1, -0.05) is 62.2 Å². The van der Waals surface area contributed by atoms with Crippen LogP contribution in [0.25, 0.3) is 10.8 Å². The standard InChI is InChI=1S/C26H30N2O2S/c1-3-8-20-15-17-28(18-16-20)26(29)24-13-7-11-22(27-24)19-31(2,30)25-14-6-10-21-9-4-5-12-23(21)25/h4-7,9-14,20H,2-3,8,15-19H2,1H3. The maximum atomic E-state index is 13.6. The summed E-state index contributed by atoms with van der Waals surface area (Å²) in [5, 5.41) is 1.99. The van der Waals surface area contributed by atoms with Crippen LogP contribution in [0.4, 0.5) is 0 Å². The maximum Gasteiger partial charge on any atom is 0.272 e. The van der Waals surface area contributed by atoms with Gasteiger partial charge in [-0.2, -0.15) is 0 Å². The number of amides is 1. The van der Waals surface area contributed by atoms with Crippen molar-refractivity contribution in [2.24, 2.45) is 5.92 Å². The number of carbonyl (C=O) groups excluding carboxylic acids is 1. The molecule has 1 fully saturated rings. The summed E-state index contributed by atoms with van der Waals surface area (Å²) in [6.45, 7) is 3.79. The summed E-state index contributed by atoms with van der Waals surface area (Å²) in [5.41, 5.74) is 1.07. The highest BCUT2D eigenvalue weighted by molar-refractivity contribution is 7.99. The Morgan fingerprint density at radius 3 is 2.55 bits per heavy atom. The van der Waals surface area contributed by atoms with Crippen molar-refractivity contribution in [3.05, 3.63) is 72.1 Å². The van der Waals surface area contributed by atoms with Gasteiger partial charge in [0.05, 0.1) is 11.4 Å². The average molecular weight is 435 g/mol. The highest BCUT2D eigenvalue weighted by Crippen LogP contribution is 2.26. The van der Waals surface area contributed by atoms with Crippen molar-refractivity contribution in [2.75, 3.05) is 13.1 Å². The smallest absolute Gasteiger partial charge is 0.272 e. The molecule has 1 aromatic heterocycles. The van der Waals surface area contributed by atoms with Crippen molar-refractivity contribution in [3.8, 4) is 0 Å². The van der Waals surface area contributed by atoms with Crippen molar-refractivity contribution >= 4 is 32.1 Å². The zero-order chi connectivity index (χ0) is 21.8. The highest BCUT2D eigenvalue weighted by Gasteiger charge is 2.24. The lowest BCUT2D eigenvalue weighted by Gasteiger charge is -2.31. The molecule has 0 radical (unpaired) electrons. The lowest BCUT2D eigenvalue weighted by molar-refractivity contribution is 0.0680. The Labute approximate surface area is 185 Å². The molecular weight excluding hydrogens is 404 g/mol. The summed E-state index contributed by atoms with van der Waals surface area (Å²) in [6, 6.07) is 19.1. The van der Waals surface area contributed by atoms with Crippen LogP contribution in [0.15, 0.2) is 65.6 Å². The first-order chi connectivity index (χ1) is 15.0. The molecular formula is C26H30N2O2S. The molecule has 1 saturated heterocycles. The first kappa shape index (κ1) is 21.6. The van der Waals surface area contributed by atoms with Crippen LogP contribution >= 0.6 is 0 Å². The average Bonchev–Trinajstić information content (AvgIpc) is 2.79. The number of likely N-dealkylation sites (tertiary alicyclic amines) is 1. The van der Waals surface area contributed by atoms with E-state index in [2.05, 4.69) is 17.8 Å². The second-order valence-electron chi connectivity index (χ2n) is 8.47. The molecule has 0 spiro atoms. The third kappa shape index (κ3) is 4.82. The van der Waals surface area contributed by atoms with E-state index in [-0.39, 0.29) is 11.7 Å². The van der Waals surface area contributed by atoms with E-state index in [0.29, 0.717) is 11.4 Å². The van der Waals surface area contributed by atoms with Crippen LogP contribution in [-0.2, 0) is 15.3 Å². The highest BCUT2D eigenvalue weighted by atomic mass is 32.2. The van der Waals surface area contributed by atoms with Crippen LogP contribution in [0, 0.1) is 5.92 Å². The van der Waals surface area contributed by atoms with Crippen molar-refractivity contribution in [1.82, 2.24) is 9.88 Å². The van der Waals surface area contributed by atoms with E-state index < -0.39 is 9.52 Å². The second-order valence-corrected chi connectivity index (χ2v) is 10.8. The molecule has 1 aliphatic heterocycles. The molecule has 2 heterocycles. The summed E-state index contributed by atoms with van der Waals surface area (Å²) >= 11 is 0. The van der Waals surface area contributed by atoms with Gasteiger partial charge in [0.25, 0.3) is 5.91 Å². The number of rotatable bonds is 6. The molecule has 0 aliphatic carbocycles. The van der Waals surface area contributed by atoms with Crippen LogP contribution in [-0.4, -0.2) is 39.0 Å². The van der Waals surface area contributed by atoms with Crippen molar-refractivity contribution in [2.45, 2.75) is 43.3 Å². The molecule has 0 N–H and O–H groups in total. The van der Waals surface area contributed by atoms with Gasteiger partial charge >= 0.3 is 0 Å². The topological polar surface area (TPSA) is 50.3 Å². The van der Waals surface area contributed by atoms with Gasteiger partial charge in [-0.15, -0.1) is 0 Å². The van der Waals surface area contributed by atoms with Gasteiger partial charge in [0.1, 0.15) is 5.69 Å². The summed E-state index contributed by atoms with van der Waals surface area (Å²) in [7, 11) is -2.61. The molecule has 3 aromatic rings. The third-order valence-corrected chi connectivity index (χ3v) is 8.08. The Balaban J connectivity index is 1.53. The maximum absolute atomic E-state index is 13.6. The first-order valence-corrected chi connectivity index (χ1v) is 13.0. The fourth-order valence-corrected chi connectivity index (χ4v) is 6.22. The molecule has 1 amide bonds. The molecule has 31 heavy (non-hydrogen) atoms. The number of benzene rings is 2. The number of aromatic nitrogens is 1. The minimum Gasteiger partial charge on any atom is -0.337 e. The number of pyridine rings is 1. The molecule has 1 atom stereocenters. The summed E-state index contributed by atoms with van der Waals surface area (Å²) in [6.07, 6.45) is 4.56. The second kappa shape index (κ2) is 9.23. The fourth-order valence-electron chi connectivity index (χ4n) is 4.51. The molecule has 0 saturated carbocycles. The molecule has 4 rings (SSSR count). The summed E-state index contributed by atoms with van der Waals surface area (Å²) in [4.78, 5) is 20.2. The van der Waals surface area contributed by atoms with Crippen LogP contribution in [0.3, 0.4) is 0 Å². The normalized spacial score (nSPS) is 16.9. The van der Waals surface area contributed by atoms with Crippen LogP contribution in [0.2, 0.25) is 0 Å². The van der Waals surface area contributed by atoms with Crippen molar-refractivity contribution < 1.29 is 9.00 Å². The largest absolute Gasteiger partial charge is 0.337 e. The molecule has 1 aliphatic rings. The van der Waals surface area contributed by atoms with E-state index >= 15 is 0 Å². The summed E-state index contributed by atoms with van der Waals surface area (Å²) in [5.74, 6) is 4.97. The van der Waals surface area contributed by atoms with E-state index in [9.17, 15) is 9.00 Å². The van der Waals surface area contributed by atoms with Crippen LogP contribution in [0.5, 0.6) is 0 Å². The van der Waals surface area contributed by atoms with E-state index in [1.807, 2.05) is 59.5 Å². The number of nitrogens with zero attached hydrogens (tertiary/aromatic N) is 2. The van der Waals surface area contributed by atoms with Gasteiger partial charge in [-0.25, -0.2) is 4.98 Å². The third-order valence-electron chi connectivity index (χ3n) is 6.16. The van der Waals surface area contributed by atoms with E-state index in [1.54, 1.807) is 6.07 Å².